The van der Waals surface area contributed by atoms with Crippen LogP contribution >= 0.6 is 11.3 Å². The Hall–Kier alpha value is -1.76. The highest BCUT2D eigenvalue weighted by Crippen LogP contribution is 2.25. The van der Waals surface area contributed by atoms with E-state index in [0.717, 1.165) is 41.6 Å². The Bertz CT molecular complexity index is 621. The minimum atomic E-state index is -0.302. The first-order valence-electron chi connectivity index (χ1n) is 6.86. The number of anilines is 1. The van der Waals surface area contributed by atoms with Crippen molar-refractivity contribution in [1.82, 2.24) is 4.98 Å². The van der Waals surface area contributed by atoms with E-state index in [1.165, 1.54) is 11.3 Å². The SMILES string of the molecule is Cc1csc(NN=Cc2ccccc2C2OCCCO2)n1. The average molecular weight is 303 g/mol. The molecule has 1 saturated heterocycles. The van der Waals surface area contributed by atoms with Crippen molar-refractivity contribution in [2.75, 3.05) is 18.6 Å². The van der Waals surface area contributed by atoms with Gasteiger partial charge in [-0.2, -0.15) is 5.10 Å². The lowest BCUT2D eigenvalue weighted by atomic mass is 10.1. The molecule has 0 aliphatic carbocycles. The number of rotatable bonds is 4. The van der Waals surface area contributed by atoms with E-state index in [1.54, 1.807) is 6.21 Å². The van der Waals surface area contributed by atoms with Crippen molar-refractivity contribution in [3.05, 3.63) is 46.5 Å². The van der Waals surface area contributed by atoms with Crippen LogP contribution < -0.4 is 5.43 Å². The molecule has 1 aliphatic heterocycles. The maximum absolute atomic E-state index is 5.66. The minimum Gasteiger partial charge on any atom is -0.348 e. The third-order valence-electron chi connectivity index (χ3n) is 3.06. The number of ether oxygens (including phenoxy) is 2. The third-order valence-corrected chi connectivity index (χ3v) is 3.92. The molecular formula is C15H17N3O2S. The Morgan fingerprint density at radius 1 is 1.33 bits per heavy atom. The van der Waals surface area contributed by atoms with Gasteiger partial charge in [0.25, 0.3) is 0 Å². The first-order chi connectivity index (χ1) is 10.3. The van der Waals surface area contributed by atoms with Crippen LogP contribution in [-0.4, -0.2) is 24.4 Å². The lowest BCUT2D eigenvalue weighted by molar-refractivity contribution is -0.183. The summed E-state index contributed by atoms with van der Waals surface area (Å²) in [7, 11) is 0. The topological polar surface area (TPSA) is 55.7 Å². The summed E-state index contributed by atoms with van der Waals surface area (Å²) in [6, 6.07) is 7.95. The summed E-state index contributed by atoms with van der Waals surface area (Å²) in [5.41, 5.74) is 5.90. The largest absolute Gasteiger partial charge is 0.348 e. The normalized spacial score (nSPS) is 16.4. The number of hydrazone groups is 1. The van der Waals surface area contributed by atoms with Gasteiger partial charge < -0.3 is 9.47 Å². The van der Waals surface area contributed by atoms with Gasteiger partial charge in [-0.05, 0) is 13.3 Å². The molecule has 6 heteroatoms. The number of nitrogens with zero attached hydrogens (tertiary/aromatic N) is 2. The van der Waals surface area contributed by atoms with Gasteiger partial charge in [0.05, 0.1) is 25.1 Å². The van der Waals surface area contributed by atoms with Crippen molar-refractivity contribution in [1.29, 1.82) is 0 Å². The summed E-state index contributed by atoms with van der Waals surface area (Å²) >= 11 is 1.53. The predicted molar refractivity (Wildman–Crippen MR) is 83.8 cm³/mol. The maximum Gasteiger partial charge on any atom is 0.203 e. The Balaban J connectivity index is 1.72. The van der Waals surface area contributed by atoms with Crippen LogP contribution in [0.5, 0.6) is 0 Å². The molecule has 21 heavy (non-hydrogen) atoms. The lowest BCUT2D eigenvalue weighted by Gasteiger charge is -2.24. The summed E-state index contributed by atoms with van der Waals surface area (Å²) in [5, 5.41) is 7.01. The van der Waals surface area contributed by atoms with Crippen molar-refractivity contribution in [3.8, 4) is 0 Å². The number of hydrogen-bond acceptors (Lipinski definition) is 6. The number of benzene rings is 1. The molecule has 0 atom stereocenters. The highest BCUT2D eigenvalue weighted by molar-refractivity contribution is 7.13. The predicted octanol–water partition coefficient (Wildman–Crippen LogP) is 3.33. The highest BCUT2D eigenvalue weighted by Gasteiger charge is 2.18. The van der Waals surface area contributed by atoms with Gasteiger partial charge in [-0.1, -0.05) is 24.3 Å². The Morgan fingerprint density at radius 2 is 2.14 bits per heavy atom. The molecule has 1 N–H and O–H groups in total. The standard InChI is InChI=1S/C15H17N3O2S/c1-11-10-21-15(17-11)18-16-9-12-5-2-3-6-13(12)14-19-7-4-8-20-14/h2-3,5-6,9-10,14H,4,7-8H2,1H3,(H,17,18). The molecule has 1 aromatic carbocycles. The molecule has 0 amide bonds. The minimum absolute atomic E-state index is 0.302. The van der Waals surface area contributed by atoms with Crippen LogP contribution in [0.1, 0.15) is 29.5 Å². The van der Waals surface area contributed by atoms with Crippen molar-refractivity contribution < 1.29 is 9.47 Å². The molecule has 2 aromatic rings. The van der Waals surface area contributed by atoms with E-state index in [0.29, 0.717) is 0 Å². The molecule has 2 heterocycles. The fraction of sp³-hybridized carbons (Fsp3) is 0.333. The smallest absolute Gasteiger partial charge is 0.203 e. The van der Waals surface area contributed by atoms with Gasteiger partial charge in [0.1, 0.15) is 0 Å². The van der Waals surface area contributed by atoms with Crippen molar-refractivity contribution in [3.63, 3.8) is 0 Å². The molecule has 0 radical (unpaired) electrons. The van der Waals surface area contributed by atoms with Gasteiger partial charge in [-0.3, -0.25) is 5.43 Å². The number of aryl methyl sites for hydroxylation is 1. The fourth-order valence-corrected chi connectivity index (χ4v) is 2.71. The molecule has 0 bridgehead atoms. The van der Waals surface area contributed by atoms with E-state index in [2.05, 4.69) is 15.5 Å². The quantitative estimate of drug-likeness (QED) is 0.695. The van der Waals surface area contributed by atoms with Gasteiger partial charge in [0.15, 0.2) is 6.29 Å². The van der Waals surface area contributed by atoms with Gasteiger partial charge in [0, 0.05) is 16.5 Å². The zero-order chi connectivity index (χ0) is 14.5. The van der Waals surface area contributed by atoms with Crippen LogP contribution in [0.4, 0.5) is 5.13 Å². The van der Waals surface area contributed by atoms with Crippen LogP contribution in [0.2, 0.25) is 0 Å². The molecule has 0 spiro atoms. The summed E-state index contributed by atoms with van der Waals surface area (Å²) in [5.74, 6) is 0. The number of nitrogens with one attached hydrogen (secondary N) is 1. The third kappa shape index (κ3) is 3.66. The van der Waals surface area contributed by atoms with Gasteiger partial charge >= 0.3 is 0 Å². The van der Waals surface area contributed by atoms with Gasteiger partial charge in [-0.15, -0.1) is 11.3 Å². The number of hydrogen-bond donors (Lipinski definition) is 1. The van der Waals surface area contributed by atoms with Gasteiger partial charge in [0.2, 0.25) is 5.13 Å². The molecular weight excluding hydrogens is 286 g/mol. The monoisotopic (exact) mass is 303 g/mol. The average Bonchev–Trinajstić information content (AvgIpc) is 2.94. The second-order valence-electron chi connectivity index (χ2n) is 4.72. The zero-order valence-electron chi connectivity index (χ0n) is 11.8. The Morgan fingerprint density at radius 3 is 2.90 bits per heavy atom. The van der Waals surface area contributed by atoms with Crippen LogP contribution in [0.3, 0.4) is 0 Å². The molecule has 0 unspecified atom stereocenters. The van der Waals surface area contributed by atoms with E-state index in [9.17, 15) is 0 Å². The van der Waals surface area contributed by atoms with E-state index in [1.807, 2.05) is 36.6 Å². The molecule has 110 valence electrons. The van der Waals surface area contributed by atoms with Crippen molar-refractivity contribution in [2.45, 2.75) is 19.6 Å². The molecule has 0 saturated carbocycles. The zero-order valence-corrected chi connectivity index (χ0v) is 12.6. The van der Waals surface area contributed by atoms with Gasteiger partial charge in [-0.25, -0.2) is 4.98 Å². The highest BCUT2D eigenvalue weighted by atomic mass is 32.1. The maximum atomic E-state index is 5.66. The Labute approximate surface area is 127 Å². The van der Waals surface area contributed by atoms with E-state index < -0.39 is 0 Å². The van der Waals surface area contributed by atoms with Crippen molar-refractivity contribution >= 4 is 22.7 Å². The number of thiazole rings is 1. The first kappa shape index (κ1) is 14.2. The van der Waals surface area contributed by atoms with Crippen LogP contribution in [-0.2, 0) is 9.47 Å². The van der Waals surface area contributed by atoms with Crippen LogP contribution in [0.25, 0.3) is 0 Å². The van der Waals surface area contributed by atoms with E-state index in [4.69, 9.17) is 9.47 Å². The van der Waals surface area contributed by atoms with E-state index >= 15 is 0 Å². The fourth-order valence-electron chi connectivity index (χ4n) is 2.07. The molecule has 5 nitrogen and oxygen atoms in total. The first-order valence-corrected chi connectivity index (χ1v) is 7.74. The van der Waals surface area contributed by atoms with Crippen molar-refractivity contribution in [2.24, 2.45) is 5.10 Å². The molecule has 1 aliphatic rings. The Kier molecular flexibility index (Phi) is 4.59. The van der Waals surface area contributed by atoms with E-state index in [-0.39, 0.29) is 6.29 Å². The molecule has 1 fully saturated rings. The summed E-state index contributed by atoms with van der Waals surface area (Å²) in [4.78, 5) is 4.30. The molecule has 1 aromatic heterocycles. The van der Waals surface area contributed by atoms with Crippen LogP contribution in [0.15, 0.2) is 34.7 Å². The number of aromatic nitrogens is 1. The summed E-state index contributed by atoms with van der Waals surface area (Å²) in [6.07, 6.45) is 2.41. The van der Waals surface area contributed by atoms with Crippen LogP contribution in [0, 0.1) is 6.92 Å². The second kappa shape index (κ2) is 6.80. The second-order valence-corrected chi connectivity index (χ2v) is 5.58. The molecule has 3 rings (SSSR count). The summed E-state index contributed by atoms with van der Waals surface area (Å²) < 4.78 is 11.3. The lowest BCUT2D eigenvalue weighted by Crippen LogP contribution is -2.18. The summed E-state index contributed by atoms with van der Waals surface area (Å²) in [6.45, 7) is 3.41.